The van der Waals surface area contributed by atoms with Crippen LogP contribution < -0.4 is 50.4 Å². The number of aryl methyl sites for hydroxylation is 1. The smallest absolute Gasteiger partial charge is 0.243 e. The molecule has 0 fully saturated rings. The Morgan fingerprint density at radius 2 is 1.19 bits per heavy atom. The van der Waals surface area contributed by atoms with Crippen molar-refractivity contribution in [2.75, 3.05) is 71.2 Å². The van der Waals surface area contributed by atoms with Gasteiger partial charge in [-0.1, -0.05) is 12.8 Å². The van der Waals surface area contributed by atoms with Crippen molar-refractivity contribution in [3.05, 3.63) is 18.2 Å². The van der Waals surface area contributed by atoms with E-state index < -0.39 is 47.9 Å². The highest BCUT2D eigenvalue weighted by molar-refractivity contribution is 7.80. The Morgan fingerprint density at radius 3 is 1.75 bits per heavy atom. The van der Waals surface area contributed by atoms with E-state index in [4.69, 9.17) is 39.8 Å². The summed E-state index contributed by atoms with van der Waals surface area (Å²) in [6, 6.07) is -3.08. The second-order valence-electron chi connectivity index (χ2n) is 17.8. The quantitative estimate of drug-likeness (QED) is 0.0160. The Balaban J connectivity index is 3.49. The second-order valence-corrected chi connectivity index (χ2v) is 18.2. The van der Waals surface area contributed by atoms with Gasteiger partial charge in [0.25, 0.3) is 0 Å². The molecule has 25 heteroatoms. The predicted molar refractivity (Wildman–Crippen MR) is 281 cm³/mol. The number of H-pyrrole nitrogens is 1. The number of amides is 6. The lowest BCUT2D eigenvalue weighted by molar-refractivity contribution is -0.142. The van der Waals surface area contributed by atoms with Crippen LogP contribution in [-0.2, 0) is 40.0 Å². The summed E-state index contributed by atoms with van der Waals surface area (Å²) in [4.78, 5) is 111. The van der Waals surface area contributed by atoms with E-state index in [2.05, 4.69) is 43.5 Å². The summed E-state index contributed by atoms with van der Waals surface area (Å²) in [5.41, 5.74) is 34.6. The van der Waals surface area contributed by atoms with Gasteiger partial charge in [0.2, 0.25) is 35.4 Å². The molecule has 1 aromatic rings. The molecule has 410 valence electrons. The average molecular weight is 1040 g/mol. The topological polar surface area (TPSA) is 407 Å². The van der Waals surface area contributed by atoms with Crippen molar-refractivity contribution in [2.45, 2.75) is 153 Å². The van der Waals surface area contributed by atoms with E-state index >= 15 is 0 Å². The van der Waals surface area contributed by atoms with Crippen LogP contribution in [0.25, 0.3) is 0 Å². The number of carbonyl (C=O) groups excluding carboxylic acids is 7. The molecule has 0 radical (unpaired) electrons. The number of aliphatic hydroxyl groups is 1. The molecule has 0 aliphatic carbocycles. The fourth-order valence-electron chi connectivity index (χ4n) is 7.96. The van der Waals surface area contributed by atoms with Crippen LogP contribution in [0.3, 0.4) is 0 Å². The van der Waals surface area contributed by atoms with Crippen molar-refractivity contribution in [1.82, 2.24) is 40.6 Å². The van der Waals surface area contributed by atoms with Gasteiger partial charge >= 0.3 is 0 Å². The average Bonchev–Trinajstić information content (AvgIpc) is 3.86. The first kappa shape index (κ1) is 64.6. The molecule has 24 nitrogen and oxygen atoms in total. The molecule has 0 spiro atoms. The highest BCUT2D eigenvalue weighted by Gasteiger charge is 2.33. The Kier molecular flexibility index (Phi) is 35.2. The number of guanidine groups is 1. The minimum atomic E-state index is -1.04. The third-order valence-electron chi connectivity index (χ3n) is 11.8. The number of nitrogens with zero attached hydrogens (tertiary/aromatic N) is 5. The number of aliphatic hydroxyl groups excluding tert-OH is 1. The van der Waals surface area contributed by atoms with Crippen molar-refractivity contribution in [1.29, 1.82) is 5.41 Å². The molecule has 4 atom stereocenters. The normalized spacial score (nSPS) is 12.7. The molecule has 0 aliphatic rings. The third kappa shape index (κ3) is 28.0. The zero-order valence-electron chi connectivity index (χ0n) is 42.6. The van der Waals surface area contributed by atoms with Gasteiger partial charge in [0.1, 0.15) is 23.9 Å². The van der Waals surface area contributed by atoms with Crippen LogP contribution in [0.1, 0.15) is 128 Å². The van der Waals surface area contributed by atoms with Gasteiger partial charge in [-0.2, -0.15) is 12.6 Å². The number of Topliss-reactive ketones (excluding diaryl/α,β-unsaturated/α-hetero) is 1. The van der Waals surface area contributed by atoms with Crippen LogP contribution in [-0.4, -0.2) is 178 Å². The fourth-order valence-corrected chi connectivity index (χ4v) is 8.33. The number of ketones is 1. The van der Waals surface area contributed by atoms with E-state index in [1.807, 2.05) is 0 Å². The van der Waals surface area contributed by atoms with E-state index in [-0.39, 0.29) is 126 Å². The Hall–Kier alpha value is -5.37. The molecule has 0 saturated heterocycles. The Morgan fingerprint density at radius 1 is 0.667 bits per heavy atom. The second kappa shape index (κ2) is 39.2. The molecule has 72 heavy (non-hydrogen) atoms. The summed E-state index contributed by atoms with van der Waals surface area (Å²) in [6.45, 7) is 2.45. The molecule has 0 saturated carbocycles. The first-order valence-electron chi connectivity index (χ1n) is 25.5. The van der Waals surface area contributed by atoms with Gasteiger partial charge in [-0.3, -0.25) is 44.0 Å². The van der Waals surface area contributed by atoms with Crippen LogP contribution >= 0.6 is 12.6 Å². The van der Waals surface area contributed by atoms with E-state index in [1.165, 1.54) is 28.0 Å². The molecule has 6 amide bonds. The molecule has 18 N–H and O–H groups in total. The van der Waals surface area contributed by atoms with Crippen LogP contribution in [0.15, 0.2) is 17.5 Å². The monoisotopic (exact) mass is 1040 g/mol. The fraction of sp³-hybridized carbons (Fsp3) is 0.745. The number of imidazole rings is 1. The van der Waals surface area contributed by atoms with Crippen molar-refractivity contribution < 1.29 is 38.7 Å². The number of hydrogen-bond donors (Lipinski definition) is 13. The first-order valence-corrected chi connectivity index (χ1v) is 26.1. The highest BCUT2D eigenvalue weighted by Crippen LogP contribution is 2.16. The standard InChI is InChI=1S/C47H88N16O8S/c1-34(64)30-43(68)61(27-22-50)39(32-72)46(71)58-26-28-62(41(66)17-6-2-5-16-40(51)52)37(14-7-9-21-49)45(70)57-25-29-63(42(67)19-18-35-31-55-33-60-35)38(15-11-24-59-47(53)54)44(69)56-23-10-13-36(65)12-4-3-8-20-48/h31,33-34,37-39,64,72H,2-30,32,48-50H2,1H3,(H3,51,52)(H,55,60)(H,56,69)(H,57,70)(H,58,71)(H4,53,54,59). The van der Waals surface area contributed by atoms with Crippen LogP contribution in [0.4, 0.5) is 0 Å². The Bertz CT molecular complexity index is 1790. The summed E-state index contributed by atoms with van der Waals surface area (Å²) in [5.74, 6) is -2.79. The SMILES string of the molecule is CC(O)CC(=O)N(CCN)C(CS)C(=O)NCCN(C(=O)CCCCCC(=N)N)C(CCCCN)C(=O)NCCN(C(=O)CCc1cnc[nH]1)C(CCCN=C(N)N)C(=O)NCCCC(=O)CCCCCN. The van der Waals surface area contributed by atoms with Gasteiger partial charge in [-0.25, -0.2) is 4.98 Å². The summed E-state index contributed by atoms with van der Waals surface area (Å²) in [5, 5.41) is 26.0. The van der Waals surface area contributed by atoms with Crippen LogP contribution in [0.2, 0.25) is 0 Å². The van der Waals surface area contributed by atoms with Gasteiger partial charge in [-0.05, 0) is 90.6 Å². The number of carbonyl (C=O) groups is 7. The van der Waals surface area contributed by atoms with Gasteiger partial charge in [0.05, 0.1) is 24.7 Å². The van der Waals surface area contributed by atoms with Crippen molar-refractivity contribution in [3.63, 3.8) is 0 Å². The molecular weight excluding hydrogens is 949 g/mol. The Labute approximate surface area is 431 Å². The number of amidine groups is 1. The predicted octanol–water partition coefficient (Wildman–Crippen LogP) is -1.12. The first-order chi connectivity index (χ1) is 34.5. The highest BCUT2D eigenvalue weighted by atomic mass is 32.1. The number of unbranched alkanes of at least 4 members (excludes halogenated alkanes) is 5. The third-order valence-corrected chi connectivity index (χ3v) is 12.1. The lowest BCUT2D eigenvalue weighted by atomic mass is 10.0. The maximum absolute atomic E-state index is 14.4. The molecular formula is C47H88N16O8S. The van der Waals surface area contributed by atoms with Gasteiger partial charge in [0, 0.05) is 102 Å². The zero-order chi connectivity index (χ0) is 53.7. The lowest BCUT2D eigenvalue weighted by Crippen LogP contribution is -2.56. The van der Waals surface area contributed by atoms with Crippen molar-refractivity contribution in [2.24, 2.45) is 39.4 Å². The van der Waals surface area contributed by atoms with Gasteiger partial charge in [0.15, 0.2) is 5.96 Å². The number of nitrogens with two attached hydrogens (primary N) is 6. The van der Waals surface area contributed by atoms with E-state index in [9.17, 15) is 38.7 Å². The van der Waals surface area contributed by atoms with Crippen molar-refractivity contribution in [3.8, 4) is 0 Å². The molecule has 0 bridgehead atoms. The van der Waals surface area contributed by atoms with Crippen LogP contribution in [0.5, 0.6) is 0 Å². The van der Waals surface area contributed by atoms with Gasteiger partial charge in [-0.15, -0.1) is 0 Å². The van der Waals surface area contributed by atoms with E-state index in [1.54, 1.807) is 6.20 Å². The summed E-state index contributed by atoms with van der Waals surface area (Å²) >= 11 is 4.33. The number of aromatic amines is 1. The van der Waals surface area contributed by atoms with Gasteiger partial charge < -0.3 is 75.1 Å². The number of rotatable bonds is 43. The number of nitrogens with one attached hydrogen (secondary N) is 5. The molecule has 1 heterocycles. The minimum absolute atomic E-state index is 0.00137. The lowest BCUT2D eigenvalue weighted by Gasteiger charge is -2.34. The zero-order valence-corrected chi connectivity index (χ0v) is 43.5. The van der Waals surface area contributed by atoms with E-state index in [0.717, 1.165) is 19.3 Å². The number of aliphatic imine (C=N–C) groups is 1. The largest absolute Gasteiger partial charge is 0.393 e. The molecule has 0 aliphatic heterocycles. The molecule has 0 aromatic carbocycles. The minimum Gasteiger partial charge on any atom is -0.393 e. The number of hydrogen-bond acceptors (Lipinski definition) is 15. The summed E-state index contributed by atoms with van der Waals surface area (Å²) in [7, 11) is 0. The molecule has 1 aromatic heterocycles. The molecule has 4 unspecified atom stereocenters. The summed E-state index contributed by atoms with van der Waals surface area (Å²) in [6.07, 6.45) is 9.60. The van der Waals surface area contributed by atoms with Crippen molar-refractivity contribution >= 4 is 65.7 Å². The number of aromatic nitrogens is 2. The summed E-state index contributed by atoms with van der Waals surface area (Å²) < 4.78 is 0. The van der Waals surface area contributed by atoms with Crippen LogP contribution in [0, 0.1) is 5.41 Å². The number of thiol groups is 1. The van der Waals surface area contributed by atoms with E-state index in [0.29, 0.717) is 83.0 Å². The maximum atomic E-state index is 14.4. The maximum Gasteiger partial charge on any atom is 0.243 e. The molecule has 1 rings (SSSR count).